The smallest absolute Gasteiger partial charge is 0.126 e. The molecule has 64 valence electrons. The van der Waals surface area contributed by atoms with Crippen molar-refractivity contribution in [2.75, 3.05) is 6.54 Å². The summed E-state index contributed by atoms with van der Waals surface area (Å²) in [6.07, 6.45) is 3.25. The largest absolute Gasteiger partial charge is 0.507 e. The molecule has 1 rings (SSSR count). The predicted octanol–water partition coefficient (Wildman–Crippen LogP) is 1.07. The molecule has 0 fully saturated rings. The van der Waals surface area contributed by atoms with Crippen LogP contribution in [0.3, 0.4) is 0 Å². The molecule has 0 aliphatic rings. The van der Waals surface area contributed by atoms with Gasteiger partial charge < -0.3 is 15.9 Å². The highest BCUT2D eigenvalue weighted by Gasteiger charge is 2.00. The second-order valence-corrected chi connectivity index (χ2v) is 2.35. The molecule has 12 heavy (non-hydrogen) atoms. The van der Waals surface area contributed by atoms with Gasteiger partial charge in [-0.05, 0) is 12.1 Å². The molecule has 0 radical (unpaired) electrons. The van der Waals surface area contributed by atoms with Crippen molar-refractivity contribution >= 4 is 6.08 Å². The van der Waals surface area contributed by atoms with E-state index in [-0.39, 0.29) is 11.5 Å². The van der Waals surface area contributed by atoms with Gasteiger partial charge in [-0.15, -0.1) is 0 Å². The van der Waals surface area contributed by atoms with Crippen LogP contribution < -0.4 is 5.73 Å². The summed E-state index contributed by atoms with van der Waals surface area (Å²) in [7, 11) is 0. The quantitative estimate of drug-likeness (QED) is 0.614. The fourth-order valence-corrected chi connectivity index (χ4v) is 0.898. The zero-order chi connectivity index (χ0) is 8.97. The second kappa shape index (κ2) is 3.78. The summed E-state index contributed by atoms with van der Waals surface area (Å²) in [5, 5.41) is 18.5. The molecule has 0 bridgehead atoms. The van der Waals surface area contributed by atoms with E-state index in [2.05, 4.69) is 0 Å². The van der Waals surface area contributed by atoms with Gasteiger partial charge in [0.05, 0.1) is 5.56 Å². The van der Waals surface area contributed by atoms with E-state index >= 15 is 0 Å². The minimum absolute atomic E-state index is 0.0553. The lowest BCUT2D eigenvalue weighted by atomic mass is 10.1. The van der Waals surface area contributed by atoms with Crippen molar-refractivity contribution in [2.24, 2.45) is 5.73 Å². The van der Waals surface area contributed by atoms with Gasteiger partial charge in [-0.2, -0.15) is 0 Å². The number of phenols is 2. The summed E-state index contributed by atoms with van der Waals surface area (Å²) in [5.41, 5.74) is 5.63. The summed E-state index contributed by atoms with van der Waals surface area (Å²) < 4.78 is 0. The molecule has 1 aromatic carbocycles. The van der Waals surface area contributed by atoms with Crippen LogP contribution in [-0.2, 0) is 0 Å². The van der Waals surface area contributed by atoms with Gasteiger partial charge >= 0.3 is 0 Å². The van der Waals surface area contributed by atoms with Crippen molar-refractivity contribution in [1.82, 2.24) is 0 Å². The number of nitrogens with two attached hydrogens (primary N) is 1. The Kier molecular flexibility index (Phi) is 2.71. The van der Waals surface area contributed by atoms with E-state index in [0.717, 1.165) is 0 Å². The number of hydrogen-bond donors (Lipinski definition) is 3. The van der Waals surface area contributed by atoms with Crippen LogP contribution in [0.5, 0.6) is 11.5 Å². The highest BCUT2D eigenvalue weighted by Crippen LogP contribution is 2.27. The first-order valence-corrected chi connectivity index (χ1v) is 3.63. The average Bonchev–Trinajstić information content (AvgIpc) is 2.04. The topological polar surface area (TPSA) is 66.5 Å². The summed E-state index contributed by atoms with van der Waals surface area (Å²) in [4.78, 5) is 0. The molecule has 0 saturated heterocycles. The molecular weight excluding hydrogens is 154 g/mol. The van der Waals surface area contributed by atoms with E-state index in [1.54, 1.807) is 18.2 Å². The zero-order valence-electron chi connectivity index (χ0n) is 6.57. The van der Waals surface area contributed by atoms with Crippen LogP contribution in [0.4, 0.5) is 0 Å². The van der Waals surface area contributed by atoms with Gasteiger partial charge in [0.25, 0.3) is 0 Å². The normalized spacial score (nSPS) is 10.8. The number of benzene rings is 1. The number of hydrogen-bond acceptors (Lipinski definition) is 3. The van der Waals surface area contributed by atoms with E-state index in [1.807, 2.05) is 0 Å². The van der Waals surface area contributed by atoms with Gasteiger partial charge in [-0.1, -0.05) is 18.2 Å². The van der Waals surface area contributed by atoms with Gasteiger partial charge in [0, 0.05) is 6.54 Å². The Labute approximate surface area is 70.8 Å². The third-order valence-electron chi connectivity index (χ3n) is 1.48. The van der Waals surface area contributed by atoms with Crippen LogP contribution in [0.25, 0.3) is 6.08 Å². The lowest BCUT2D eigenvalue weighted by molar-refractivity contribution is 0.448. The van der Waals surface area contributed by atoms with Crippen LogP contribution in [0, 0.1) is 0 Å². The predicted molar refractivity (Wildman–Crippen MR) is 47.9 cm³/mol. The Morgan fingerprint density at radius 1 is 1.25 bits per heavy atom. The molecule has 0 saturated carbocycles. The summed E-state index contributed by atoms with van der Waals surface area (Å²) in [6.45, 7) is 0.383. The van der Waals surface area contributed by atoms with Gasteiger partial charge in [0.2, 0.25) is 0 Å². The Morgan fingerprint density at radius 3 is 2.33 bits per heavy atom. The minimum atomic E-state index is 0.0553. The van der Waals surface area contributed by atoms with E-state index in [0.29, 0.717) is 12.1 Å². The third-order valence-corrected chi connectivity index (χ3v) is 1.48. The number of aromatic hydroxyl groups is 2. The lowest BCUT2D eigenvalue weighted by Crippen LogP contribution is -1.92. The van der Waals surface area contributed by atoms with Gasteiger partial charge in [-0.3, -0.25) is 0 Å². The van der Waals surface area contributed by atoms with Crippen molar-refractivity contribution in [3.05, 3.63) is 29.8 Å². The van der Waals surface area contributed by atoms with Crippen molar-refractivity contribution in [3.8, 4) is 11.5 Å². The molecule has 0 spiro atoms. The van der Waals surface area contributed by atoms with Crippen LogP contribution >= 0.6 is 0 Å². The Bertz CT molecular complexity index is 274. The summed E-state index contributed by atoms with van der Waals surface area (Å²) >= 11 is 0. The first-order chi connectivity index (χ1) is 5.75. The van der Waals surface area contributed by atoms with E-state index < -0.39 is 0 Å². The first kappa shape index (κ1) is 8.62. The monoisotopic (exact) mass is 165 g/mol. The molecular formula is C9H11NO2. The molecule has 0 aliphatic carbocycles. The van der Waals surface area contributed by atoms with Gasteiger partial charge in [0.1, 0.15) is 11.5 Å². The molecule has 1 aromatic rings. The average molecular weight is 165 g/mol. The molecule has 0 amide bonds. The fourth-order valence-electron chi connectivity index (χ4n) is 0.898. The third kappa shape index (κ3) is 1.77. The maximum absolute atomic E-state index is 9.27. The standard InChI is InChI=1S/C9H11NO2/c10-6-2-3-7-8(11)4-1-5-9(7)12/h1-5,11-12H,6,10H2. The SMILES string of the molecule is NCC=Cc1c(O)cccc1O. The molecule has 0 aromatic heterocycles. The van der Waals surface area contributed by atoms with E-state index in [1.165, 1.54) is 12.1 Å². The number of rotatable bonds is 2. The highest BCUT2D eigenvalue weighted by molar-refractivity contribution is 5.63. The lowest BCUT2D eigenvalue weighted by Gasteiger charge is -2.00. The maximum Gasteiger partial charge on any atom is 0.126 e. The van der Waals surface area contributed by atoms with Crippen LogP contribution in [0.15, 0.2) is 24.3 Å². The molecule has 3 heteroatoms. The zero-order valence-corrected chi connectivity index (χ0v) is 6.57. The second-order valence-electron chi connectivity index (χ2n) is 2.35. The van der Waals surface area contributed by atoms with Crippen LogP contribution in [-0.4, -0.2) is 16.8 Å². The van der Waals surface area contributed by atoms with Crippen molar-refractivity contribution < 1.29 is 10.2 Å². The van der Waals surface area contributed by atoms with E-state index in [4.69, 9.17) is 5.73 Å². The highest BCUT2D eigenvalue weighted by atomic mass is 16.3. The van der Waals surface area contributed by atoms with Crippen molar-refractivity contribution in [2.45, 2.75) is 0 Å². The van der Waals surface area contributed by atoms with Crippen molar-refractivity contribution in [3.63, 3.8) is 0 Å². The molecule has 0 heterocycles. The molecule has 4 N–H and O–H groups in total. The Balaban J connectivity index is 3.04. The molecule has 3 nitrogen and oxygen atoms in total. The fraction of sp³-hybridized carbons (Fsp3) is 0.111. The van der Waals surface area contributed by atoms with E-state index in [9.17, 15) is 10.2 Å². The van der Waals surface area contributed by atoms with Crippen LogP contribution in [0.2, 0.25) is 0 Å². The maximum atomic E-state index is 9.27. The van der Waals surface area contributed by atoms with Crippen molar-refractivity contribution in [1.29, 1.82) is 0 Å². The molecule has 0 atom stereocenters. The Hall–Kier alpha value is -1.48. The van der Waals surface area contributed by atoms with Gasteiger partial charge in [-0.25, -0.2) is 0 Å². The summed E-state index contributed by atoms with van der Waals surface area (Å²) in [5.74, 6) is 0.111. The molecule has 0 aliphatic heterocycles. The minimum Gasteiger partial charge on any atom is -0.507 e. The Morgan fingerprint density at radius 2 is 1.83 bits per heavy atom. The summed E-state index contributed by atoms with van der Waals surface area (Å²) in [6, 6.07) is 4.59. The van der Waals surface area contributed by atoms with Crippen LogP contribution in [0.1, 0.15) is 5.56 Å². The first-order valence-electron chi connectivity index (χ1n) is 3.63. The van der Waals surface area contributed by atoms with Gasteiger partial charge in [0.15, 0.2) is 0 Å². The molecule has 0 unspecified atom stereocenters. The number of phenolic OH excluding ortho intramolecular Hbond substituents is 2.